The van der Waals surface area contributed by atoms with E-state index in [9.17, 15) is 13.2 Å². The van der Waals surface area contributed by atoms with E-state index in [1.807, 2.05) is 0 Å². The first-order valence-electron chi connectivity index (χ1n) is 8.30. The standard InChI is InChI=1S/C17H26N2O3S/c1-3-19-11-7-8-14(13-19)12-18-17(20)15-9-5-6-10-16(15)23(21,22)4-2/h5-6,9-10,14H,3-4,7-8,11-13H2,1-2H3,(H,18,20)/t14-/m0/s1. The van der Waals surface area contributed by atoms with Crippen LogP contribution in [0.15, 0.2) is 29.2 Å². The monoisotopic (exact) mass is 338 g/mol. The molecule has 0 radical (unpaired) electrons. The number of carbonyl (C=O) groups excluding carboxylic acids is 1. The lowest BCUT2D eigenvalue weighted by molar-refractivity contribution is 0.0930. The molecule has 1 fully saturated rings. The van der Waals surface area contributed by atoms with Gasteiger partial charge in [-0.15, -0.1) is 0 Å². The normalized spacial score (nSPS) is 19.5. The third kappa shape index (κ3) is 4.54. The molecule has 1 aromatic rings. The van der Waals surface area contributed by atoms with Gasteiger partial charge in [0.25, 0.3) is 5.91 Å². The molecule has 1 saturated heterocycles. The molecule has 1 atom stereocenters. The van der Waals surface area contributed by atoms with E-state index < -0.39 is 9.84 Å². The number of hydrogen-bond donors (Lipinski definition) is 1. The van der Waals surface area contributed by atoms with Crippen LogP contribution in [-0.4, -0.2) is 51.2 Å². The molecule has 23 heavy (non-hydrogen) atoms. The molecule has 0 bridgehead atoms. The summed E-state index contributed by atoms with van der Waals surface area (Å²) in [6.45, 7) is 7.47. The van der Waals surface area contributed by atoms with Crippen molar-refractivity contribution in [2.24, 2.45) is 5.92 Å². The fourth-order valence-corrected chi connectivity index (χ4v) is 4.11. The van der Waals surface area contributed by atoms with Crippen LogP contribution in [0, 0.1) is 5.92 Å². The molecule has 1 amide bonds. The van der Waals surface area contributed by atoms with Gasteiger partial charge in [-0.25, -0.2) is 8.42 Å². The number of piperidine rings is 1. The van der Waals surface area contributed by atoms with Gasteiger partial charge >= 0.3 is 0 Å². The largest absolute Gasteiger partial charge is 0.352 e. The molecule has 128 valence electrons. The zero-order valence-corrected chi connectivity index (χ0v) is 14.7. The van der Waals surface area contributed by atoms with Crippen molar-refractivity contribution in [3.63, 3.8) is 0 Å². The molecule has 0 saturated carbocycles. The van der Waals surface area contributed by atoms with Crippen molar-refractivity contribution >= 4 is 15.7 Å². The summed E-state index contributed by atoms with van der Waals surface area (Å²) in [4.78, 5) is 14.9. The van der Waals surface area contributed by atoms with Gasteiger partial charge in [-0.2, -0.15) is 0 Å². The summed E-state index contributed by atoms with van der Waals surface area (Å²) in [5.74, 6) is 0.125. The summed E-state index contributed by atoms with van der Waals surface area (Å²) < 4.78 is 24.3. The second kappa shape index (κ2) is 7.93. The summed E-state index contributed by atoms with van der Waals surface area (Å²) in [5.41, 5.74) is 0.248. The van der Waals surface area contributed by atoms with E-state index in [0.29, 0.717) is 12.5 Å². The van der Waals surface area contributed by atoms with Crippen LogP contribution in [0.25, 0.3) is 0 Å². The fraction of sp³-hybridized carbons (Fsp3) is 0.588. The maximum atomic E-state index is 12.4. The molecule has 1 aliphatic heterocycles. The maximum Gasteiger partial charge on any atom is 0.252 e. The van der Waals surface area contributed by atoms with Gasteiger partial charge in [-0.3, -0.25) is 4.79 Å². The average molecular weight is 338 g/mol. The molecule has 2 rings (SSSR count). The number of rotatable bonds is 6. The first-order chi connectivity index (χ1) is 11.0. The zero-order valence-electron chi connectivity index (χ0n) is 13.9. The number of amides is 1. The summed E-state index contributed by atoms with van der Waals surface area (Å²) in [5, 5.41) is 2.92. The Bertz CT molecular complexity index is 643. The van der Waals surface area contributed by atoms with Crippen LogP contribution in [0.4, 0.5) is 0 Å². The van der Waals surface area contributed by atoms with Crippen molar-refractivity contribution in [1.82, 2.24) is 10.2 Å². The fourth-order valence-electron chi connectivity index (χ4n) is 3.02. The van der Waals surface area contributed by atoms with Crippen LogP contribution in [0.2, 0.25) is 0 Å². The van der Waals surface area contributed by atoms with E-state index in [-0.39, 0.29) is 22.1 Å². The number of hydrogen-bond acceptors (Lipinski definition) is 4. The van der Waals surface area contributed by atoms with Crippen LogP contribution < -0.4 is 5.32 Å². The first kappa shape index (κ1) is 17.9. The van der Waals surface area contributed by atoms with Gasteiger partial charge in [0, 0.05) is 13.1 Å². The molecule has 1 heterocycles. The highest BCUT2D eigenvalue weighted by Crippen LogP contribution is 2.18. The quantitative estimate of drug-likeness (QED) is 0.861. The highest BCUT2D eigenvalue weighted by molar-refractivity contribution is 7.91. The van der Waals surface area contributed by atoms with E-state index in [2.05, 4.69) is 17.1 Å². The second-order valence-electron chi connectivity index (χ2n) is 6.01. The van der Waals surface area contributed by atoms with Crippen LogP contribution in [0.3, 0.4) is 0 Å². The number of likely N-dealkylation sites (tertiary alicyclic amines) is 1. The number of nitrogens with one attached hydrogen (secondary N) is 1. The number of carbonyl (C=O) groups is 1. The maximum absolute atomic E-state index is 12.4. The molecule has 1 N–H and O–H groups in total. The van der Waals surface area contributed by atoms with Gasteiger partial charge in [0.1, 0.15) is 0 Å². The van der Waals surface area contributed by atoms with Crippen LogP contribution in [0.1, 0.15) is 37.0 Å². The van der Waals surface area contributed by atoms with Crippen LogP contribution >= 0.6 is 0 Å². The molecule has 6 heteroatoms. The smallest absolute Gasteiger partial charge is 0.252 e. The molecular formula is C17H26N2O3S. The number of benzene rings is 1. The predicted octanol–water partition coefficient (Wildman–Crippen LogP) is 1.94. The van der Waals surface area contributed by atoms with Crippen molar-refractivity contribution in [3.8, 4) is 0 Å². The predicted molar refractivity (Wildman–Crippen MR) is 91.3 cm³/mol. The van der Waals surface area contributed by atoms with Crippen molar-refractivity contribution in [2.45, 2.75) is 31.6 Å². The third-order valence-electron chi connectivity index (χ3n) is 4.45. The van der Waals surface area contributed by atoms with Gasteiger partial charge in [0.2, 0.25) is 0 Å². The SMILES string of the molecule is CCN1CCC[C@@H](CNC(=O)c2ccccc2S(=O)(=O)CC)C1. The number of sulfone groups is 1. The minimum absolute atomic E-state index is 0.00855. The number of nitrogens with zero attached hydrogens (tertiary/aromatic N) is 1. The highest BCUT2D eigenvalue weighted by atomic mass is 32.2. The Balaban J connectivity index is 2.04. The summed E-state index contributed by atoms with van der Waals surface area (Å²) in [7, 11) is -3.40. The molecule has 0 aliphatic carbocycles. The molecule has 0 aromatic heterocycles. The van der Waals surface area contributed by atoms with Gasteiger partial charge in [-0.1, -0.05) is 26.0 Å². The Hall–Kier alpha value is -1.40. The van der Waals surface area contributed by atoms with Crippen molar-refractivity contribution in [2.75, 3.05) is 31.9 Å². The lowest BCUT2D eigenvalue weighted by atomic mass is 9.98. The Kier molecular flexibility index (Phi) is 6.18. The summed E-state index contributed by atoms with van der Waals surface area (Å²) in [6.07, 6.45) is 2.25. The van der Waals surface area contributed by atoms with Gasteiger partial charge < -0.3 is 10.2 Å². The Morgan fingerprint density at radius 1 is 1.30 bits per heavy atom. The van der Waals surface area contributed by atoms with E-state index in [4.69, 9.17) is 0 Å². The Labute approximate surface area is 139 Å². The minimum Gasteiger partial charge on any atom is -0.352 e. The van der Waals surface area contributed by atoms with Crippen LogP contribution in [0.5, 0.6) is 0 Å². The summed E-state index contributed by atoms with van der Waals surface area (Å²) in [6, 6.07) is 6.44. The molecule has 1 aromatic carbocycles. The van der Waals surface area contributed by atoms with E-state index in [1.165, 1.54) is 6.07 Å². The van der Waals surface area contributed by atoms with Gasteiger partial charge in [0.15, 0.2) is 9.84 Å². The van der Waals surface area contributed by atoms with E-state index >= 15 is 0 Å². The molecule has 0 spiro atoms. The van der Waals surface area contributed by atoms with Gasteiger partial charge in [-0.05, 0) is 44.0 Å². The van der Waals surface area contributed by atoms with Crippen LogP contribution in [-0.2, 0) is 9.84 Å². The molecule has 5 nitrogen and oxygen atoms in total. The molecular weight excluding hydrogens is 312 g/mol. The zero-order chi connectivity index (χ0) is 16.9. The Morgan fingerprint density at radius 3 is 2.74 bits per heavy atom. The Morgan fingerprint density at radius 2 is 2.04 bits per heavy atom. The van der Waals surface area contributed by atoms with E-state index in [1.54, 1.807) is 25.1 Å². The first-order valence-corrected chi connectivity index (χ1v) is 9.95. The van der Waals surface area contributed by atoms with Crippen molar-refractivity contribution in [3.05, 3.63) is 29.8 Å². The van der Waals surface area contributed by atoms with E-state index in [0.717, 1.165) is 32.5 Å². The highest BCUT2D eigenvalue weighted by Gasteiger charge is 2.22. The van der Waals surface area contributed by atoms with Gasteiger partial charge in [0.05, 0.1) is 16.2 Å². The topological polar surface area (TPSA) is 66.5 Å². The molecule has 0 unspecified atom stereocenters. The van der Waals surface area contributed by atoms with Crippen molar-refractivity contribution in [1.29, 1.82) is 0 Å². The lowest BCUT2D eigenvalue weighted by Gasteiger charge is -2.31. The third-order valence-corrected chi connectivity index (χ3v) is 6.23. The molecule has 1 aliphatic rings. The summed E-state index contributed by atoms with van der Waals surface area (Å²) >= 11 is 0. The second-order valence-corrected chi connectivity index (χ2v) is 8.26. The lowest BCUT2D eigenvalue weighted by Crippen LogP contribution is -2.40. The van der Waals surface area contributed by atoms with Crippen molar-refractivity contribution < 1.29 is 13.2 Å². The minimum atomic E-state index is -3.40. The average Bonchev–Trinajstić information content (AvgIpc) is 2.59.